The first-order valence-electron chi connectivity index (χ1n) is 19.9. The standard InChI is InChI=1S/C44H68N2O6/c1-4-5-6-7-8-9-10-11-12-13-14-15-16-17-24-30-40(47)45-32-25-34-51-41(48)31-33-46-43(49)42(52-36-39-28-22-19-23-29-39)44(2,3)37-50-35-38-26-20-18-21-27-38/h11-12,18-23,26-29,42H,4-10,13-17,24-25,30-37H2,1-3H3,(H,45,47)(H,46,49)/b12-11-. The number of carbonyl (C=O) groups excluding carboxylic acids is 3. The summed E-state index contributed by atoms with van der Waals surface area (Å²) in [5, 5.41) is 5.77. The van der Waals surface area contributed by atoms with E-state index in [0.29, 0.717) is 32.6 Å². The van der Waals surface area contributed by atoms with Gasteiger partial charge in [0.2, 0.25) is 11.8 Å². The van der Waals surface area contributed by atoms with Gasteiger partial charge in [0, 0.05) is 24.9 Å². The van der Waals surface area contributed by atoms with Crippen molar-refractivity contribution >= 4 is 17.8 Å². The van der Waals surface area contributed by atoms with Gasteiger partial charge in [0.1, 0.15) is 6.10 Å². The van der Waals surface area contributed by atoms with Crippen LogP contribution in [0.25, 0.3) is 0 Å². The molecule has 290 valence electrons. The molecule has 0 heterocycles. The zero-order valence-corrected chi connectivity index (χ0v) is 32.5. The topological polar surface area (TPSA) is 103 Å². The van der Waals surface area contributed by atoms with Gasteiger partial charge in [0.05, 0.1) is 32.8 Å². The van der Waals surface area contributed by atoms with Gasteiger partial charge in [-0.2, -0.15) is 0 Å². The van der Waals surface area contributed by atoms with Crippen LogP contribution in [-0.2, 0) is 41.8 Å². The van der Waals surface area contributed by atoms with Gasteiger partial charge in [0.25, 0.3) is 0 Å². The number of hydrogen-bond donors (Lipinski definition) is 2. The Morgan fingerprint density at radius 2 is 1.25 bits per heavy atom. The van der Waals surface area contributed by atoms with Gasteiger partial charge in [-0.15, -0.1) is 0 Å². The van der Waals surface area contributed by atoms with Gasteiger partial charge in [-0.1, -0.05) is 145 Å². The molecule has 0 aromatic heterocycles. The second-order valence-corrected chi connectivity index (χ2v) is 14.4. The molecule has 0 saturated carbocycles. The number of benzene rings is 2. The van der Waals surface area contributed by atoms with Crippen LogP contribution in [0.15, 0.2) is 72.8 Å². The van der Waals surface area contributed by atoms with Crippen molar-refractivity contribution in [3.63, 3.8) is 0 Å². The number of rotatable bonds is 31. The highest BCUT2D eigenvalue weighted by Crippen LogP contribution is 2.26. The van der Waals surface area contributed by atoms with Gasteiger partial charge < -0.3 is 24.8 Å². The fourth-order valence-corrected chi connectivity index (χ4v) is 5.88. The zero-order valence-electron chi connectivity index (χ0n) is 32.5. The highest BCUT2D eigenvalue weighted by Gasteiger charge is 2.36. The molecule has 0 aliphatic heterocycles. The molecule has 1 atom stereocenters. The average Bonchev–Trinajstić information content (AvgIpc) is 3.14. The summed E-state index contributed by atoms with van der Waals surface area (Å²) in [4.78, 5) is 37.8. The van der Waals surface area contributed by atoms with Crippen molar-refractivity contribution in [2.24, 2.45) is 5.41 Å². The molecular weight excluding hydrogens is 652 g/mol. The van der Waals surface area contributed by atoms with Crippen molar-refractivity contribution in [1.29, 1.82) is 0 Å². The smallest absolute Gasteiger partial charge is 0.307 e. The number of amides is 2. The lowest BCUT2D eigenvalue weighted by Crippen LogP contribution is -2.48. The molecule has 2 N–H and O–H groups in total. The van der Waals surface area contributed by atoms with E-state index in [1.165, 1.54) is 57.8 Å². The Morgan fingerprint density at radius 1 is 0.673 bits per heavy atom. The quantitative estimate of drug-likeness (QED) is 0.0457. The van der Waals surface area contributed by atoms with Crippen molar-refractivity contribution in [3.8, 4) is 0 Å². The Kier molecular flexibility index (Phi) is 24.9. The van der Waals surface area contributed by atoms with E-state index in [0.717, 1.165) is 36.8 Å². The van der Waals surface area contributed by atoms with Crippen LogP contribution in [0.2, 0.25) is 0 Å². The van der Waals surface area contributed by atoms with Crippen LogP contribution in [0.5, 0.6) is 0 Å². The van der Waals surface area contributed by atoms with Gasteiger partial charge in [-0.25, -0.2) is 0 Å². The molecule has 2 amide bonds. The van der Waals surface area contributed by atoms with Crippen LogP contribution in [0.4, 0.5) is 0 Å². The van der Waals surface area contributed by atoms with Gasteiger partial charge in [-0.3, -0.25) is 14.4 Å². The fourth-order valence-electron chi connectivity index (χ4n) is 5.88. The second kappa shape index (κ2) is 29.0. The number of hydrogen-bond acceptors (Lipinski definition) is 6. The van der Waals surface area contributed by atoms with E-state index in [4.69, 9.17) is 14.2 Å². The van der Waals surface area contributed by atoms with Crippen LogP contribution >= 0.6 is 0 Å². The van der Waals surface area contributed by atoms with E-state index in [1.54, 1.807) is 0 Å². The Hall–Kier alpha value is -3.49. The highest BCUT2D eigenvalue weighted by atomic mass is 16.5. The number of esters is 1. The molecule has 1 unspecified atom stereocenters. The van der Waals surface area contributed by atoms with E-state index < -0.39 is 17.5 Å². The van der Waals surface area contributed by atoms with Gasteiger partial charge >= 0.3 is 5.97 Å². The molecule has 0 fully saturated rings. The first kappa shape index (κ1) is 44.7. The van der Waals surface area contributed by atoms with Crippen molar-refractivity contribution in [2.45, 2.75) is 143 Å². The monoisotopic (exact) mass is 721 g/mol. The third-order valence-corrected chi connectivity index (χ3v) is 8.99. The Labute approximate surface area is 314 Å². The summed E-state index contributed by atoms with van der Waals surface area (Å²) in [7, 11) is 0. The van der Waals surface area contributed by atoms with Crippen LogP contribution in [0.3, 0.4) is 0 Å². The summed E-state index contributed by atoms with van der Waals surface area (Å²) in [5.74, 6) is -0.651. The predicted molar refractivity (Wildman–Crippen MR) is 211 cm³/mol. The molecule has 2 rings (SSSR count). The van der Waals surface area contributed by atoms with Crippen LogP contribution in [-0.4, -0.2) is 50.2 Å². The maximum absolute atomic E-state index is 13.3. The predicted octanol–water partition coefficient (Wildman–Crippen LogP) is 9.41. The first-order chi connectivity index (χ1) is 25.3. The molecular formula is C44H68N2O6. The molecule has 8 nitrogen and oxygen atoms in total. The third kappa shape index (κ3) is 22.4. The summed E-state index contributed by atoms with van der Waals surface area (Å²) < 4.78 is 17.5. The maximum Gasteiger partial charge on any atom is 0.307 e. The number of nitrogens with one attached hydrogen (secondary N) is 2. The first-order valence-corrected chi connectivity index (χ1v) is 19.9. The normalized spacial score (nSPS) is 12.1. The minimum absolute atomic E-state index is 0.0455. The number of unbranched alkanes of at least 4 members (excludes halogenated alkanes) is 11. The molecule has 52 heavy (non-hydrogen) atoms. The summed E-state index contributed by atoms with van der Waals surface area (Å²) in [5.41, 5.74) is 1.38. The van der Waals surface area contributed by atoms with E-state index in [-0.39, 0.29) is 38.0 Å². The van der Waals surface area contributed by atoms with E-state index in [9.17, 15) is 14.4 Å². The number of carbonyl (C=O) groups is 3. The Balaban J connectivity index is 1.54. The Morgan fingerprint density at radius 3 is 1.88 bits per heavy atom. The summed E-state index contributed by atoms with van der Waals surface area (Å²) >= 11 is 0. The largest absolute Gasteiger partial charge is 0.466 e. The second-order valence-electron chi connectivity index (χ2n) is 14.4. The minimum atomic E-state index is -0.796. The zero-order chi connectivity index (χ0) is 37.5. The maximum atomic E-state index is 13.3. The number of ether oxygens (including phenoxy) is 3. The molecule has 0 aliphatic carbocycles. The summed E-state index contributed by atoms with van der Waals surface area (Å²) in [6.07, 6.45) is 21.0. The molecule has 2 aromatic rings. The SMILES string of the molecule is CCCCCCCC/C=C\CCCCCCCC(=O)NCCCOC(=O)CCNC(=O)C(OCc1ccccc1)C(C)(C)COCc1ccccc1. The lowest BCUT2D eigenvalue weighted by Gasteiger charge is -2.33. The molecule has 0 aliphatic rings. The lowest BCUT2D eigenvalue weighted by atomic mass is 9.86. The number of allylic oxidation sites excluding steroid dienone is 2. The highest BCUT2D eigenvalue weighted by molar-refractivity contribution is 5.82. The third-order valence-electron chi connectivity index (χ3n) is 8.99. The van der Waals surface area contributed by atoms with Crippen molar-refractivity contribution in [3.05, 3.63) is 83.9 Å². The average molecular weight is 721 g/mol. The van der Waals surface area contributed by atoms with Crippen LogP contribution in [0, 0.1) is 5.41 Å². The van der Waals surface area contributed by atoms with E-state index in [2.05, 4.69) is 29.7 Å². The van der Waals surface area contributed by atoms with Gasteiger partial charge in [0.15, 0.2) is 0 Å². The fraction of sp³-hybridized carbons (Fsp3) is 0.614. The van der Waals surface area contributed by atoms with Gasteiger partial charge in [-0.05, 0) is 49.7 Å². The molecule has 0 bridgehead atoms. The molecule has 2 aromatic carbocycles. The lowest BCUT2D eigenvalue weighted by molar-refractivity contribution is -0.147. The minimum Gasteiger partial charge on any atom is -0.466 e. The summed E-state index contributed by atoms with van der Waals surface area (Å²) in [6, 6.07) is 19.6. The van der Waals surface area contributed by atoms with Crippen molar-refractivity contribution in [1.82, 2.24) is 10.6 Å². The van der Waals surface area contributed by atoms with Crippen molar-refractivity contribution in [2.75, 3.05) is 26.3 Å². The van der Waals surface area contributed by atoms with E-state index >= 15 is 0 Å². The van der Waals surface area contributed by atoms with E-state index in [1.807, 2.05) is 74.5 Å². The molecule has 8 heteroatoms. The molecule has 0 saturated heterocycles. The summed E-state index contributed by atoms with van der Waals surface area (Å²) in [6.45, 7) is 7.99. The van der Waals surface area contributed by atoms with Crippen molar-refractivity contribution < 1.29 is 28.6 Å². The Bertz CT molecular complexity index is 1230. The molecule has 0 radical (unpaired) electrons. The molecule has 0 spiro atoms. The van der Waals surface area contributed by atoms with Crippen LogP contribution < -0.4 is 10.6 Å². The van der Waals surface area contributed by atoms with Crippen LogP contribution in [0.1, 0.15) is 135 Å².